The fourth-order valence-corrected chi connectivity index (χ4v) is 5.87. The average Bonchev–Trinajstić information content (AvgIpc) is 3.17. The number of aliphatic carboxylic acids is 1. The third-order valence-electron chi connectivity index (χ3n) is 8.40. The summed E-state index contributed by atoms with van der Waals surface area (Å²) in [7, 11) is -4.76. The topological polar surface area (TPSA) is 212 Å². The summed E-state index contributed by atoms with van der Waals surface area (Å²) >= 11 is 0. The van der Waals surface area contributed by atoms with Crippen LogP contribution in [-0.2, 0) is 37.5 Å². The lowest BCUT2D eigenvalue weighted by Crippen LogP contribution is -2.34. The highest BCUT2D eigenvalue weighted by Gasteiger charge is 2.28. The Morgan fingerprint density at radius 3 is 1.74 bits per heavy atom. The minimum Gasteiger partial charge on any atom is -0.480 e. The number of phosphoric ester groups is 1. The highest BCUT2D eigenvalue weighted by molar-refractivity contribution is 7.47. The molecule has 6 N–H and O–H groups in total. The van der Waals surface area contributed by atoms with Crippen LogP contribution >= 0.6 is 7.82 Å². The molecule has 0 aromatic carbocycles. The second-order valence-corrected chi connectivity index (χ2v) is 15.2. The maximum atomic E-state index is 12.6. The smallest absolute Gasteiger partial charge is 0.472 e. The van der Waals surface area contributed by atoms with Gasteiger partial charge >= 0.3 is 25.7 Å². The molecule has 0 saturated heterocycles. The molecule has 0 bridgehead atoms. The van der Waals surface area contributed by atoms with Crippen LogP contribution in [0.1, 0.15) is 136 Å². The maximum Gasteiger partial charge on any atom is 0.472 e. The summed E-state index contributed by atoms with van der Waals surface area (Å²) in [5.41, 5.74) is 5.31. The van der Waals surface area contributed by atoms with Gasteiger partial charge in [-0.25, -0.2) is 4.57 Å². The van der Waals surface area contributed by atoms with E-state index in [9.17, 15) is 34.1 Å². The van der Waals surface area contributed by atoms with Crippen LogP contribution < -0.4 is 5.73 Å². The van der Waals surface area contributed by atoms with Gasteiger partial charge in [0.1, 0.15) is 12.6 Å². The number of carboxylic acids is 1. The van der Waals surface area contributed by atoms with Crippen molar-refractivity contribution in [1.29, 1.82) is 0 Å². The summed E-state index contributed by atoms with van der Waals surface area (Å²) in [4.78, 5) is 45.8. The molecule has 0 fully saturated rings. The van der Waals surface area contributed by atoms with Gasteiger partial charge in [-0.05, 0) is 38.5 Å². The van der Waals surface area contributed by atoms with E-state index in [1.54, 1.807) is 36.5 Å². The number of aliphatic hydroxyl groups excluding tert-OH is 2. The highest BCUT2D eigenvalue weighted by Crippen LogP contribution is 2.43. The lowest BCUT2D eigenvalue weighted by molar-refractivity contribution is -0.161. The lowest BCUT2D eigenvalue weighted by atomic mass is 10.0. The van der Waals surface area contributed by atoms with Crippen molar-refractivity contribution in [2.24, 2.45) is 5.73 Å². The summed E-state index contributed by atoms with van der Waals surface area (Å²) in [5.74, 6) is -2.58. The highest BCUT2D eigenvalue weighted by atomic mass is 31.2. The molecule has 0 aromatic heterocycles. The Hall–Kier alpha value is -3.16. The molecule has 0 aliphatic rings. The van der Waals surface area contributed by atoms with Gasteiger partial charge in [-0.1, -0.05) is 157 Å². The number of nitrogens with two attached hydrogens (primary N) is 1. The Bertz CT molecular complexity index is 1280. The number of aliphatic hydroxyl groups is 2. The molecule has 0 spiro atoms. The first kappa shape index (κ1) is 53.8. The fourth-order valence-electron chi connectivity index (χ4n) is 5.09. The molecule has 0 rings (SSSR count). The molecule has 0 amide bonds. The van der Waals surface area contributed by atoms with Crippen LogP contribution in [-0.4, -0.2) is 82.3 Å². The van der Waals surface area contributed by atoms with Gasteiger partial charge in [0.05, 0.1) is 25.4 Å². The van der Waals surface area contributed by atoms with Gasteiger partial charge in [-0.15, -0.1) is 0 Å². The summed E-state index contributed by atoms with van der Waals surface area (Å²) < 4.78 is 32.5. The van der Waals surface area contributed by atoms with E-state index in [1.807, 2.05) is 43.4 Å². The van der Waals surface area contributed by atoms with Crippen molar-refractivity contribution in [1.82, 2.24) is 0 Å². The van der Waals surface area contributed by atoms with E-state index in [2.05, 4.69) is 11.4 Å². The van der Waals surface area contributed by atoms with E-state index in [1.165, 1.54) is 51.4 Å². The van der Waals surface area contributed by atoms with Crippen molar-refractivity contribution in [3.05, 3.63) is 72.9 Å². The largest absolute Gasteiger partial charge is 0.480 e. The molecule has 1 unspecified atom stereocenters. The molecule has 0 aromatic rings. The zero-order chi connectivity index (χ0) is 42.4. The Balaban J connectivity index is 4.62. The van der Waals surface area contributed by atoms with E-state index in [0.29, 0.717) is 32.1 Å². The molecule has 0 radical (unpaired) electrons. The summed E-state index contributed by atoms with van der Waals surface area (Å²) in [6.07, 6.45) is 36.2. The molecule has 326 valence electrons. The van der Waals surface area contributed by atoms with Gasteiger partial charge in [0.15, 0.2) is 6.10 Å². The van der Waals surface area contributed by atoms with Gasteiger partial charge in [0.2, 0.25) is 0 Å². The van der Waals surface area contributed by atoms with E-state index < -0.39 is 69.9 Å². The van der Waals surface area contributed by atoms with Gasteiger partial charge < -0.3 is 35.4 Å². The van der Waals surface area contributed by atoms with E-state index in [4.69, 9.17) is 24.8 Å². The summed E-state index contributed by atoms with van der Waals surface area (Å²) in [5, 5.41) is 28.8. The van der Waals surface area contributed by atoms with Gasteiger partial charge in [-0.2, -0.15) is 0 Å². The number of unbranched alkanes of at least 4 members (excludes halogenated alkanes) is 11. The van der Waals surface area contributed by atoms with Crippen molar-refractivity contribution in [3.63, 3.8) is 0 Å². The van der Waals surface area contributed by atoms with Gasteiger partial charge in [0, 0.05) is 12.8 Å². The van der Waals surface area contributed by atoms with Crippen molar-refractivity contribution < 1.29 is 57.7 Å². The number of carboxylic acid groups (broad SMARTS) is 1. The van der Waals surface area contributed by atoms with Crippen molar-refractivity contribution in [3.8, 4) is 0 Å². The van der Waals surface area contributed by atoms with E-state index in [0.717, 1.165) is 25.7 Å². The fraction of sp³-hybridized carbons (Fsp3) is 0.651. The molecule has 14 heteroatoms. The van der Waals surface area contributed by atoms with Crippen molar-refractivity contribution >= 4 is 25.7 Å². The number of hydrogen-bond donors (Lipinski definition) is 5. The number of carbonyl (C=O) groups excluding carboxylic acids is 2. The predicted molar refractivity (Wildman–Crippen MR) is 224 cm³/mol. The Morgan fingerprint density at radius 2 is 1.18 bits per heavy atom. The monoisotopic (exact) mass is 825 g/mol. The normalized spacial score (nSPS) is 15.6. The first-order valence-corrected chi connectivity index (χ1v) is 22.2. The summed E-state index contributed by atoms with van der Waals surface area (Å²) in [6, 6.07) is -1.55. The number of phosphoric acid groups is 1. The zero-order valence-electron chi connectivity index (χ0n) is 34.4. The van der Waals surface area contributed by atoms with Crippen LogP contribution in [0, 0.1) is 0 Å². The number of hydrogen-bond acceptors (Lipinski definition) is 11. The Labute approximate surface area is 341 Å². The standard InChI is InChI=1S/C43H72NO12P/c1-3-5-7-8-9-10-11-12-13-14-19-27-33-42(48)56-39(35-54-57(51,52)55-36-40(44)43(49)50)34-53-41(47)32-26-18-16-15-17-23-29-38(46)31-25-21-20-24-30-37(45)28-22-6-4-2/h6,16-18,20-25,30-31,37-40,45-46H,3-5,7-15,19,26-29,32-36,44H2,1-2H3,(H,49,50)(H,51,52)/b18-16-,21-20-,22-6-,23-17-,30-24+,31-25+/t37-,38+,39-,40+/m1/s1. The van der Waals surface area contributed by atoms with E-state index in [-0.39, 0.29) is 12.8 Å². The van der Waals surface area contributed by atoms with E-state index >= 15 is 0 Å². The predicted octanol–water partition coefficient (Wildman–Crippen LogP) is 8.50. The van der Waals surface area contributed by atoms with Crippen molar-refractivity contribution in [2.75, 3.05) is 19.8 Å². The Kier molecular flexibility index (Phi) is 35.1. The number of allylic oxidation sites excluding steroid dienone is 8. The SMILES string of the molecule is CC/C=C\C[C@@H](O)/C=C/C=C\C=C\[C@@H](O)C/C=C\C/C=C\CCC(=O)OC[C@H](COP(=O)(O)OC[C@H](N)C(=O)O)OC(=O)CCCCCCCCCCCCCC. The molecule has 57 heavy (non-hydrogen) atoms. The van der Waals surface area contributed by atoms with Crippen LogP contribution in [0.25, 0.3) is 0 Å². The number of rotatable bonds is 37. The molecule has 0 aliphatic heterocycles. The number of ether oxygens (including phenoxy) is 2. The molecule has 13 nitrogen and oxygen atoms in total. The van der Waals surface area contributed by atoms with Crippen LogP contribution in [0.4, 0.5) is 0 Å². The second-order valence-electron chi connectivity index (χ2n) is 13.8. The number of esters is 2. The second kappa shape index (κ2) is 37.1. The lowest BCUT2D eigenvalue weighted by Gasteiger charge is -2.20. The molecule has 0 saturated carbocycles. The van der Waals surface area contributed by atoms with Crippen LogP contribution in [0.3, 0.4) is 0 Å². The number of carbonyl (C=O) groups is 3. The molecular weight excluding hydrogens is 753 g/mol. The molecule has 5 atom stereocenters. The summed E-state index contributed by atoms with van der Waals surface area (Å²) in [6.45, 7) is 2.41. The Morgan fingerprint density at radius 1 is 0.649 bits per heavy atom. The van der Waals surface area contributed by atoms with Gasteiger partial charge in [0.25, 0.3) is 0 Å². The minimum atomic E-state index is -4.76. The maximum absolute atomic E-state index is 12.6. The third kappa shape index (κ3) is 36.9. The molecule has 0 aliphatic carbocycles. The first-order chi connectivity index (χ1) is 27.4. The van der Waals surface area contributed by atoms with Crippen LogP contribution in [0.15, 0.2) is 72.9 Å². The quantitative estimate of drug-likeness (QED) is 0.0131. The molecular formula is C43H72NO12P. The van der Waals surface area contributed by atoms with Gasteiger partial charge in [-0.3, -0.25) is 23.4 Å². The van der Waals surface area contributed by atoms with Crippen molar-refractivity contribution in [2.45, 2.75) is 160 Å². The van der Waals surface area contributed by atoms with Crippen LogP contribution in [0.5, 0.6) is 0 Å². The third-order valence-corrected chi connectivity index (χ3v) is 9.35. The minimum absolute atomic E-state index is 0.0381. The zero-order valence-corrected chi connectivity index (χ0v) is 35.3. The van der Waals surface area contributed by atoms with Crippen LogP contribution in [0.2, 0.25) is 0 Å². The molecule has 0 heterocycles. The first-order valence-electron chi connectivity index (χ1n) is 20.7. The average molecular weight is 826 g/mol.